The molecular weight excluding hydrogens is 222 g/mol. The van der Waals surface area contributed by atoms with Crippen LogP contribution in [0, 0.1) is 0 Å². The summed E-state index contributed by atoms with van der Waals surface area (Å²) in [4.78, 5) is 12.4. The van der Waals surface area contributed by atoms with Crippen LogP contribution in [0.15, 0.2) is 29.2 Å². The highest BCUT2D eigenvalue weighted by molar-refractivity contribution is 7.80. The van der Waals surface area contributed by atoms with Crippen LogP contribution in [0.2, 0.25) is 0 Å². The Hall–Kier alpha value is -1.00. The van der Waals surface area contributed by atoms with E-state index in [4.69, 9.17) is 4.74 Å². The van der Waals surface area contributed by atoms with Gasteiger partial charge >= 0.3 is 0 Å². The molecule has 3 nitrogen and oxygen atoms in total. The molecule has 0 spiro atoms. The van der Waals surface area contributed by atoms with Gasteiger partial charge in [-0.3, -0.25) is 4.79 Å². The van der Waals surface area contributed by atoms with E-state index in [0.29, 0.717) is 13.0 Å². The molecule has 1 aromatic carbocycles. The average molecular weight is 239 g/mol. The van der Waals surface area contributed by atoms with Crippen LogP contribution < -0.4 is 5.32 Å². The van der Waals surface area contributed by atoms with E-state index in [1.165, 1.54) is 0 Å². The van der Waals surface area contributed by atoms with E-state index in [2.05, 4.69) is 17.9 Å². The van der Waals surface area contributed by atoms with Crippen LogP contribution in [-0.4, -0.2) is 25.7 Å². The van der Waals surface area contributed by atoms with E-state index in [9.17, 15) is 4.79 Å². The van der Waals surface area contributed by atoms with E-state index >= 15 is 0 Å². The normalized spacial score (nSPS) is 12.2. The Morgan fingerprint density at radius 2 is 2.06 bits per heavy atom. The molecule has 1 rings (SSSR count). The van der Waals surface area contributed by atoms with Gasteiger partial charge in [0.2, 0.25) is 5.91 Å². The highest BCUT2D eigenvalue weighted by Gasteiger charge is 2.05. The van der Waals surface area contributed by atoms with Gasteiger partial charge in [-0.05, 0) is 24.6 Å². The van der Waals surface area contributed by atoms with Crippen molar-refractivity contribution in [2.75, 3.05) is 13.7 Å². The molecule has 1 atom stereocenters. The first-order chi connectivity index (χ1) is 7.61. The number of hydrogen-bond donors (Lipinski definition) is 2. The van der Waals surface area contributed by atoms with Gasteiger partial charge in [0.25, 0.3) is 0 Å². The predicted molar refractivity (Wildman–Crippen MR) is 66.9 cm³/mol. The maximum atomic E-state index is 11.5. The molecule has 88 valence electrons. The maximum absolute atomic E-state index is 11.5. The minimum atomic E-state index is 0.0100. The monoisotopic (exact) mass is 239 g/mol. The molecule has 0 radical (unpaired) electrons. The fourth-order valence-electron chi connectivity index (χ4n) is 1.20. The lowest BCUT2D eigenvalue weighted by atomic mass is 10.1. The molecule has 0 saturated carbocycles. The van der Waals surface area contributed by atoms with E-state index in [-0.39, 0.29) is 12.0 Å². The number of amides is 1. The Balaban J connectivity index is 2.37. The topological polar surface area (TPSA) is 38.3 Å². The Labute approximate surface area is 102 Å². The van der Waals surface area contributed by atoms with Crippen molar-refractivity contribution in [3.8, 4) is 0 Å². The molecule has 0 aliphatic heterocycles. The summed E-state index contributed by atoms with van der Waals surface area (Å²) < 4.78 is 5.04. The van der Waals surface area contributed by atoms with E-state index in [0.717, 1.165) is 10.5 Å². The molecule has 1 aromatic rings. The van der Waals surface area contributed by atoms with E-state index < -0.39 is 0 Å². The number of thiol groups is 1. The SMILES string of the molecule is COC(C)CNC(=O)Cc1ccc(S)cc1. The van der Waals surface area contributed by atoms with Gasteiger partial charge in [-0.15, -0.1) is 12.6 Å². The summed E-state index contributed by atoms with van der Waals surface area (Å²) in [7, 11) is 1.63. The van der Waals surface area contributed by atoms with Crippen molar-refractivity contribution in [1.82, 2.24) is 5.32 Å². The molecule has 0 saturated heterocycles. The maximum Gasteiger partial charge on any atom is 0.224 e. The molecule has 0 aromatic heterocycles. The first-order valence-electron chi connectivity index (χ1n) is 5.19. The standard InChI is InChI=1S/C12H17NO2S/c1-9(15-2)8-13-12(14)7-10-3-5-11(16)6-4-10/h3-6,9,16H,7-8H2,1-2H3,(H,13,14). The fourth-order valence-corrected chi connectivity index (χ4v) is 1.35. The number of methoxy groups -OCH3 is 1. The predicted octanol–water partition coefficient (Wildman–Crippen LogP) is 1.67. The van der Waals surface area contributed by atoms with Gasteiger partial charge in [0.05, 0.1) is 12.5 Å². The molecule has 0 fully saturated rings. The lowest BCUT2D eigenvalue weighted by molar-refractivity contribution is -0.120. The Kier molecular flexibility index (Phi) is 5.35. The summed E-state index contributed by atoms with van der Waals surface area (Å²) in [6, 6.07) is 7.57. The van der Waals surface area contributed by atoms with Crippen LogP contribution >= 0.6 is 12.6 Å². The van der Waals surface area contributed by atoms with Crippen LogP contribution in [0.1, 0.15) is 12.5 Å². The summed E-state index contributed by atoms with van der Waals surface area (Å²) in [6.45, 7) is 2.45. The molecular formula is C12H17NO2S. The van der Waals surface area contributed by atoms with Gasteiger partial charge in [0.1, 0.15) is 0 Å². The molecule has 4 heteroatoms. The molecule has 1 unspecified atom stereocenters. The highest BCUT2D eigenvalue weighted by atomic mass is 32.1. The van der Waals surface area contributed by atoms with Crippen molar-refractivity contribution < 1.29 is 9.53 Å². The zero-order valence-corrected chi connectivity index (χ0v) is 10.5. The Morgan fingerprint density at radius 3 is 2.62 bits per heavy atom. The van der Waals surface area contributed by atoms with Crippen LogP contribution in [0.3, 0.4) is 0 Å². The first kappa shape index (κ1) is 13.1. The smallest absolute Gasteiger partial charge is 0.224 e. The lowest BCUT2D eigenvalue weighted by Gasteiger charge is -2.10. The number of carbonyl (C=O) groups excluding carboxylic acids is 1. The van der Waals surface area contributed by atoms with Gasteiger partial charge < -0.3 is 10.1 Å². The number of ether oxygens (including phenoxy) is 1. The zero-order valence-electron chi connectivity index (χ0n) is 9.56. The van der Waals surface area contributed by atoms with Crippen molar-refractivity contribution >= 4 is 18.5 Å². The third-order valence-corrected chi connectivity index (χ3v) is 2.59. The van der Waals surface area contributed by atoms with Crippen molar-refractivity contribution in [2.45, 2.75) is 24.3 Å². The van der Waals surface area contributed by atoms with Crippen molar-refractivity contribution in [3.05, 3.63) is 29.8 Å². The van der Waals surface area contributed by atoms with Crippen LogP contribution in [0.25, 0.3) is 0 Å². The molecule has 16 heavy (non-hydrogen) atoms. The van der Waals surface area contributed by atoms with Gasteiger partial charge in [-0.1, -0.05) is 12.1 Å². The third-order valence-electron chi connectivity index (χ3n) is 2.29. The second kappa shape index (κ2) is 6.55. The van der Waals surface area contributed by atoms with E-state index in [1.807, 2.05) is 31.2 Å². The van der Waals surface area contributed by atoms with Crippen LogP contribution in [-0.2, 0) is 16.0 Å². The van der Waals surface area contributed by atoms with Crippen molar-refractivity contribution in [1.29, 1.82) is 0 Å². The number of nitrogens with one attached hydrogen (secondary N) is 1. The van der Waals surface area contributed by atoms with Gasteiger partial charge in [-0.2, -0.15) is 0 Å². The summed E-state index contributed by atoms with van der Waals surface area (Å²) in [5.41, 5.74) is 0.986. The summed E-state index contributed by atoms with van der Waals surface area (Å²) >= 11 is 4.19. The first-order valence-corrected chi connectivity index (χ1v) is 5.64. The molecule has 0 bridgehead atoms. The van der Waals surface area contributed by atoms with Crippen molar-refractivity contribution in [2.24, 2.45) is 0 Å². The minimum Gasteiger partial charge on any atom is -0.380 e. The molecule has 0 aliphatic rings. The Morgan fingerprint density at radius 1 is 1.44 bits per heavy atom. The zero-order chi connectivity index (χ0) is 12.0. The average Bonchev–Trinajstić information content (AvgIpc) is 2.29. The number of hydrogen-bond acceptors (Lipinski definition) is 3. The minimum absolute atomic E-state index is 0.0100. The summed E-state index contributed by atoms with van der Waals surface area (Å²) in [5.74, 6) is 0.0100. The second-order valence-electron chi connectivity index (χ2n) is 3.69. The molecule has 0 heterocycles. The number of rotatable bonds is 5. The summed E-state index contributed by atoms with van der Waals surface area (Å²) in [6.07, 6.45) is 0.439. The number of carbonyl (C=O) groups is 1. The second-order valence-corrected chi connectivity index (χ2v) is 4.21. The van der Waals surface area contributed by atoms with Gasteiger partial charge in [-0.25, -0.2) is 0 Å². The molecule has 1 amide bonds. The molecule has 0 aliphatic carbocycles. The fraction of sp³-hybridized carbons (Fsp3) is 0.417. The van der Waals surface area contributed by atoms with Crippen LogP contribution in [0.4, 0.5) is 0 Å². The lowest BCUT2D eigenvalue weighted by Crippen LogP contribution is -2.32. The van der Waals surface area contributed by atoms with Crippen molar-refractivity contribution in [3.63, 3.8) is 0 Å². The molecule has 1 N–H and O–H groups in total. The van der Waals surface area contributed by atoms with E-state index in [1.54, 1.807) is 7.11 Å². The summed E-state index contributed by atoms with van der Waals surface area (Å²) in [5, 5.41) is 2.81. The Bertz CT molecular complexity index is 337. The quantitative estimate of drug-likeness (QED) is 0.767. The number of benzene rings is 1. The third kappa shape index (κ3) is 4.68. The largest absolute Gasteiger partial charge is 0.380 e. The van der Waals surface area contributed by atoms with Crippen LogP contribution in [0.5, 0.6) is 0 Å². The van der Waals surface area contributed by atoms with Gasteiger partial charge in [0.15, 0.2) is 0 Å². The van der Waals surface area contributed by atoms with Gasteiger partial charge in [0, 0.05) is 18.6 Å². The highest BCUT2D eigenvalue weighted by Crippen LogP contribution is 2.08.